The first kappa shape index (κ1) is 10.5. The van der Waals surface area contributed by atoms with E-state index in [0.717, 1.165) is 16.8 Å². The molecule has 0 radical (unpaired) electrons. The molecule has 0 spiro atoms. The van der Waals surface area contributed by atoms with Gasteiger partial charge in [-0.15, -0.1) is 11.8 Å². The van der Waals surface area contributed by atoms with Crippen LogP contribution < -0.4 is 0 Å². The van der Waals surface area contributed by atoms with Crippen molar-refractivity contribution >= 4 is 33.7 Å². The van der Waals surface area contributed by atoms with Crippen LogP contribution in [-0.4, -0.2) is 20.0 Å². The molecule has 2 rings (SSSR count). The van der Waals surface area contributed by atoms with E-state index < -0.39 is 0 Å². The van der Waals surface area contributed by atoms with Crippen molar-refractivity contribution in [2.24, 2.45) is 0 Å². The predicted octanol–water partition coefficient (Wildman–Crippen LogP) is 2.99. The average Bonchev–Trinajstić information content (AvgIpc) is 2.52. The Morgan fingerprint density at radius 2 is 2.20 bits per heavy atom. The Morgan fingerprint density at radius 1 is 1.47 bits per heavy atom. The van der Waals surface area contributed by atoms with Gasteiger partial charge in [0.25, 0.3) is 0 Å². The monoisotopic (exact) mass is 237 g/mol. The lowest BCUT2D eigenvalue weighted by atomic mass is 10.2. The highest BCUT2D eigenvalue weighted by Gasteiger charge is 2.16. The number of fused-ring (bicyclic) bond motifs is 1. The smallest absolute Gasteiger partial charge is 0.146 e. The van der Waals surface area contributed by atoms with Crippen molar-refractivity contribution in [3.63, 3.8) is 0 Å². The van der Waals surface area contributed by atoms with Gasteiger partial charge in [-0.1, -0.05) is 18.3 Å². The van der Waals surface area contributed by atoms with Crippen molar-refractivity contribution < 1.29 is 5.11 Å². The standard InChI is InChI=1S/C11H11NOS2/c1-7-8-5-3-4-6-12(8)9(10(7)13)11(14)15-2/h3-6,13H,1-2H3. The second-order valence-corrected chi connectivity index (χ2v) is 4.75. The van der Waals surface area contributed by atoms with E-state index in [1.165, 1.54) is 11.8 Å². The summed E-state index contributed by atoms with van der Waals surface area (Å²) >= 11 is 6.70. The third-order valence-corrected chi connectivity index (χ3v) is 3.70. The van der Waals surface area contributed by atoms with Crippen LogP contribution in [-0.2, 0) is 0 Å². The first-order valence-electron chi connectivity index (χ1n) is 4.53. The van der Waals surface area contributed by atoms with E-state index in [0.29, 0.717) is 9.95 Å². The molecule has 0 fully saturated rings. The number of hydrogen-bond acceptors (Lipinski definition) is 3. The van der Waals surface area contributed by atoms with Crippen LogP contribution in [0.4, 0.5) is 0 Å². The minimum atomic E-state index is 0.292. The van der Waals surface area contributed by atoms with E-state index in [-0.39, 0.29) is 0 Å². The third kappa shape index (κ3) is 1.54. The molecule has 0 aliphatic carbocycles. The molecule has 0 bridgehead atoms. The summed E-state index contributed by atoms with van der Waals surface area (Å²) < 4.78 is 2.64. The van der Waals surface area contributed by atoms with Gasteiger partial charge in [0, 0.05) is 11.8 Å². The van der Waals surface area contributed by atoms with Crippen molar-refractivity contribution in [1.29, 1.82) is 0 Å². The van der Waals surface area contributed by atoms with Crippen LogP contribution >= 0.6 is 24.0 Å². The average molecular weight is 237 g/mol. The molecular weight excluding hydrogens is 226 g/mol. The quantitative estimate of drug-likeness (QED) is 0.772. The zero-order valence-electron chi connectivity index (χ0n) is 8.52. The summed E-state index contributed by atoms with van der Waals surface area (Å²) in [7, 11) is 0. The van der Waals surface area contributed by atoms with Gasteiger partial charge in [0.05, 0.1) is 9.71 Å². The number of aryl methyl sites for hydroxylation is 1. The van der Waals surface area contributed by atoms with Gasteiger partial charge in [-0.05, 0) is 25.3 Å². The lowest BCUT2D eigenvalue weighted by molar-refractivity contribution is 0.471. The van der Waals surface area contributed by atoms with Crippen molar-refractivity contribution in [3.05, 3.63) is 35.7 Å². The molecule has 2 nitrogen and oxygen atoms in total. The van der Waals surface area contributed by atoms with Crippen LogP contribution in [0, 0.1) is 6.92 Å². The SMILES string of the molecule is CSC(=S)c1c(O)c(C)c2ccccn12. The fourth-order valence-electron chi connectivity index (χ4n) is 1.65. The molecule has 2 aromatic rings. The number of aromatic nitrogens is 1. The van der Waals surface area contributed by atoms with E-state index in [2.05, 4.69) is 0 Å². The summed E-state index contributed by atoms with van der Waals surface area (Å²) in [5.41, 5.74) is 2.61. The number of aromatic hydroxyl groups is 1. The predicted molar refractivity (Wildman–Crippen MR) is 69.0 cm³/mol. The van der Waals surface area contributed by atoms with Crippen molar-refractivity contribution in [2.45, 2.75) is 6.92 Å². The fourth-order valence-corrected chi connectivity index (χ4v) is 2.23. The zero-order chi connectivity index (χ0) is 11.0. The third-order valence-electron chi connectivity index (χ3n) is 2.44. The first-order chi connectivity index (χ1) is 7.16. The number of hydrogen-bond donors (Lipinski definition) is 1. The van der Waals surface area contributed by atoms with Gasteiger partial charge in [-0.25, -0.2) is 0 Å². The largest absolute Gasteiger partial charge is 0.505 e. The molecule has 2 aromatic heterocycles. The van der Waals surface area contributed by atoms with E-state index >= 15 is 0 Å². The summed E-state index contributed by atoms with van der Waals surface area (Å²) in [5.74, 6) is 0.292. The van der Waals surface area contributed by atoms with Gasteiger partial charge in [0.2, 0.25) is 0 Å². The molecule has 0 unspecified atom stereocenters. The molecule has 1 N–H and O–H groups in total. The van der Waals surface area contributed by atoms with Gasteiger partial charge in [0.1, 0.15) is 11.4 Å². The highest BCUT2D eigenvalue weighted by atomic mass is 32.2. The summed E-state index contributed by atoms with van der Waals surface area (Å²) in [5, 5.41) is 10.0. The topological polar surface area (TPSA) is 24.6 Å². The number of rotatable bonds is 1. The lowest BCUT2D eigenvalue weighted by Gasteiger charge is -2.01. The maximum Gasteiger partial charge on any atom is 0.146 e. The Labute approximate surface area is 97.9 Å². The molecule has 0 amide bonds. The number of thiocarbonyl (C=S) groups is 1. The van der Waals surface area contributed by atoms with Crippen LogP contribution in [0.5, 0.6) is 5.75 Å². The molecule has 0 saturated heterocycles. The molecule has 15 heavy (non-hydrogen) atoms. The molecule has 0 aliphatic heterocycles. The van der Waals surface area contributed by atoms with Crippen molar-refractivity contribution in [3.8, 4) is 5.75 Å². The Kier molecular flexibility index (Phi) is 2.71. The highest BCUT2D eigenvalue weighted by molar-refractivity contribution is 8.23. The second-order valence-electron chi connectivity index (χ2n) is 3.27. The summed E-state index contributed by atoms with van der Waals surface area (Å²) in [4.78, 5) is 0. The molecular formula is C11H11NOS2. The number of nitrogens with zero attached hydrogens (tertiary/aromatic N) is 1. The molecule has 4 heteroatoms. The van der Waals surface area contributed by atoms with E-state index in [4.69, 9.17) is 12.2 Å². The van der Waals surface area contributed by atoms with Gasteiger partial charge in [-0.2, -0.15) is 0 Å². The summed E-state index contributed by atoms with van der Waals surface area (Å²) in [6.07, 6.45) is 3.83. The maximum absolute atomic E-state index is 10.0. The van der Waals surface area contributed by atoms with E-state index in [9.17, 15) is 5.11 Å². The van der Waals surface area contributed by atoms with Gasteiger partial charge in [-0.3, -0.25) is 0 Å². The molecule has 2 heterocycles. The Hall–Kier alpha value is -1.00. The van der Waals surface area contributed by atoms with Crippen LogP contribution in [0.3, 0.4) is 0 Å². The normalized spacial score (nSPS) is 10.8. The van der Waals surface area contributed by atoms with Crippen LogP contribution in [0.15, 0.2) is 24.4 Å². The first-order valence-corrected chi connectivity index (χ1v) is 6.17. The van der Waals surface area contributed by atoms with Crippen molar-refractivity contribution in [2.75, 3.05) is 6.26 Å². The van der Waals surface area contributed by atoms with E-state index in [1.54, 1.807) is 0 Å². The minimum Gasteiger partial charge on any atom is -0.505 e. The van der Waals surface area contributed by atoms with Gasteiger partial charge in [0.15, 0.2) is 0 Å². The number of pyridine rings is 1. The lowest BCUT2D eigenvalue weighted by Crippen LogP contribution is -1.96. The minimum absolute atomic E-state index is 0.292. The highest BCUT2D eigenvalue weighted by Crippen LogP contribution is 2.31. The Bertz CT molecular complexity index is 531. The van der Waals surface area contributed by atoms with E-state index in [1.807, 2.05) is 42.0 Å². The fraction of sp³-hybridized carbons (Fsp3) is 0.182. The van der Waals surface area contributed by atoms with Crippen LogP contribution in [0.1, 0.15) is 11.3 Å². The molecule has 78 valence electrons. The Morgan fingerprint density at radius 3 is 2.87 bits per heavy atom. The van der Waals surface area contributed by atoms with Crippen LogP contribution in [0.2, 0.25) is 0 Å². The van der Waals surface area contributed by atoms with Gasteiger partial charge < -0.3 is 9.51 Å². The zero-order valence-corrected chi connectivity index (χ0v) is 10.2. The molecule has 0 aromatic carbocycles. The van der Waals surface area contributed by atoms with Crippen LogP contribution in [0.25, 0.3) is 5.52 Å². The summed E-state index contributed by atoms with van der Waals surface area (Å²) in [6, 6.07) is 5.85. The number of thioether (sulfide) groups is 1. The van der Waals surface area contributed by atoms with Gasteiger partial charge >= 0.3 is 0 Å². The Balaban J connectivity index is 2.83. The summed E-state index contributed by atoms with van der Waals surface area (Å²) in [6.45, 7) is 1.90. The second kappa shape index (κ2) is 3.87. The van der Waals surface area contributed by atoms with Crippen molar-refractivity contribution in [1.82, 2.24) is 4.40 Å². The maximum atomic E-state index is 10.0. The molecule has 0 saturated carbocycles. The molecule has 0 atom stereocenters. The molecule has 0 aliphatic rings.